The number of halogens is 3. The van der Waals surface area contributed by atoms with Crippen molar-refractivity contribution in [1.29, 1.82) is 0 Å². The average Bonchev–Trinajstić information content (AvgIpc) is 2.81. The highest BCUT2D eigenvalue weighted by molar-refractivity contribution is 7.13. The van der Waals surface area contributed by atoms with Crippen LogP contribution in [0.25, 0.3) is 0 Å². The minimum Gasteiger partial charge on any atom is -0.469 e. The van der Waals surface area contributed by atoms with Gasteiger partial charge in [-0.1, -0.05) is 34.8 Å². The van der Waals surface area contributed by atoms with Crippen LogP contribution in [0.1, 0.15) is 5.69 Å². The van der Waals surface area contributed by atoms with E-state index in [9.17, 15) is 4.79 Å². The van der Waals surface area contributed by atoms with Gasteiger partial charge >= 0.3 is 5.97 Å². The number of benzene rings is 1. The molecule has 1 aromatic heterocycles. The maximum absolute atomic E-state index is 11.2. The Morgan fingerprint density at radius 3 is 2.60 bits per heavy atom. The molecular weight excluding hydrogens is 343 g/mol. The normalized spacial score (nSPS) is 10.4. The third-order valence-corrected chi connectivity index (χ3v) is 3.96. The van der Waals surface area contributed by atoms with Gasteiger partial charge in [-0.3, -0.25) is 4.79 Å². The molecule has 1 aromatic carbocycles. The summed E-state index contributed by atoms with van der Waals surface area (Å²) in [5, 5.41) is 6.60. The van der Waals surface area contributed by atoms with Crippen LogP contribution in [0.2, 0.25) is 15.1 Å². The minimum absolute atomic E-state index is 0.122. The van der Waals surface area contributed by atoms with E-state index in [1.54, 1.807) is 17.5 Å². The molecule has 20 heavy (non-hydrogen) atoms. The monoisotopic (exact) mass is 350 g/mol. The van der Waals surface area contributed by atoms with Crippen molar-refractivity contribution < 1.29 is 9.53 Å². The molecule has 0 saturated heterocycles. The van der Waals surface area contributed by atoms with E-state index < -0.39 is 0 Å². The number of aromatic nitrogens is 1. The summed E-state index contributed by atoms with van der Waals surface area (Å²) in [6.07, 6.45) is 0.122. The second kappa shape index (κ2) is 6.63. The summed E-state index contributed by atoms with van der Waals surface area (Å²) in [5.41, 5.74) is 1.14. The zero-order chi connectivity index (χ0) is 14.7. The summed E-state index contributed by atoms with van der Waals surface area (Å²) in [6.45, 7) is 0. The zero-order valence-corrected chi connectivity index (χ0v) is 13.3. The first-order valence-corrected chi connectivity index (χ1v) is 7.43. The molecule has 0 fully saturated rings. The highest BCUT2D eigenvalue weighted by Gasteiger charge is 2.12. The van der Waals surface area contributed by atoms with Crippen molar-refractivity contribution in [3.63, 3.8) is 0 Å². The van der Waals surface area contributed by atoms with Crippen molar-refractivity contribution >= 4 is 62.9 Å². The molecule has 4 nitrogen and oxygen atoms in total. The van der Waals surface area contributed by atoms with Crippen molar-refractivity contribution in [3.8, 4) is 0 Å². The molecule has 0 bridgehead atoms. The molecule has 0 spiro atoms. The van der Waals surface area contributed by atoms with Crippen molar-refractivity contribution in [2.24, 2.45) is 0 Å². The molecule has 0 radical (unpaired) electrons. The van der Waals surface area contributed by atoms with Gasteiger partial charge in [0.25, 0.3) is 0 Å². The van der Waals surface area contributed by atoms with Crippen LogP contribution in [0.5, 0.6) is 0 Å². The number of nitrogens with zero attached hydrogens (tertiary/aromatic N) is 1. The van der Waals surface area contributed by atoms with Gasteiger partial charge in [-0.25, -0.2) is 4.98 Å². The molecule has 2 rings (SSSR count). The lowest BCUT2D eigenvalue weighted by Crippen LogP contribution is -2.04. The van der Waals surface area contributed by atoms with Crippen LogP contribution < -0.4 is 5.32 Å². The molecule has 106 valence electrons. The summed E-state index contributed by atoms with van der Waals surface area (Å²) >= 11 is 19.3. The van der Waals surface area contributed by atoms with E-state index in [2.05, 4.69) is 15.0 Å². The van der Waals surface area contributed by atoms with E-state index in [1.807, 2.05) is 0 Å². The van der Waals surface area contributed by atoms with Gasteiger partial charge in [-0.2, -0.15) is 0 Å². The van der Waals surface area contributed by atoms with Gasteiger partial charge in [-0.15, -0.1) is 11.3 Å². The maximum atomic E-state index is 11.2. The molecule has 0 atom stereocenters. The van der Waals surface area contributed by atoms with Gasteiger partial charge in [0.15, 0.2) is 5.13 Å². The number of methoxy groups -OCH3 is 1. The van der Waals surface area contributed by atoms with Gasteiger partial charge in [0.1, 0.15) is 0 Å². The number of rotatable bonds is 4. The fourth-order valence-electron chi connectivity index (χ4n) is 1.43. The van der Waals surface area contributed by atoms with E-state index in [0.29, 0.717) is 31.6 Å². The topological polar surface area (TPSA) is 51.2 Å². The van der Waals surface area contributed by atoms with Crippen molar-refractivity contribution in [1.82, 2.24) is 4.98 Å². The summed E-state index contributed by atoms with van der Waals surface area (Å²) < 4.78 is 4.58. The summed E-state index contributed by atoms with van der Waals surface area (Å²) in [5.74, 6) is -0.343. The van der Waals surface area contributed by atoms with Gasteiger partial charge in [0, 0.05) is 10.4 Å². The van der Waals surface area contributed by atoms with Crippen LogP contribution in [0.3, 0.4) is 0 Å². The third-order valence-electron chi connectivity index (χ3n) is 2.34. The first kappa shape index (κ1) is 15.4. The number of hydrogen-bond acceptors (Lipinski definition) is 5. The average molecular weight is 352 g/mol. The summed E-state index contributed by atoms with van der Waals surface area (Å²) in [7, 11) is 1.33. The van der Waals surface area contributed by atoms with E-state index in [1.165, 1.54) is 18.4 Å². The largest absolute Gasteiger partial charge is 0.469 e. The second-order valence-corrected chi connectivity index (χ2v) is 5.88. The number of thiazole rings is 1. The molecule has 1 heterocycles. The second-order valence-electron chi connectivity index (χ2n) is 3.77. The van der Waals surface area contributed by atoms with Crippen LogP contribution in [-0.4, -0.2) is 18.1 Å². The van der Waals surface area contributed by atoms with Gasteiger partial charge in [-0.05, 0) is 12.1 Å². The Morgan fingerprint density at radius 1 is 1.35 bits per heavy atom. The lowest BCUT2D eigenvalue weighted by molar-refractivity contribution is -0.139. The standard InChI is InChI=1S/C12H9Cl3N2O2S/c1-19-10(18)4-7-5-20-12(16-7)17-11-8(14)2-6(13)3-9(11)15/h2-3,5H,4H2,1H3,(H,16,17). The molecule has 2 aromatic rings. The van der Waals surface area contributed by atoms with Crippen LogP contribution in [0.15, 0.2) is 17.5 Å². The smallest absolute Gasteiger partial charge is 0.311 e. The Bertz CT molecular complexity index is 622. The van der Waals surface area contributed by atoms with Gasteiger partial charge < -0.3 is 10.1 Å². The molecule has 0 saturated carbocycles. The number of hydrogen-bond donors (Lipinski definition) is 1. The number of anilines is 2. The Kier molecular flexibility index (Phi) is 5.10. The molecule has 0 amide bonds. The number of ether oxygens (including phenoxy) is 1. The zero-order valence-electron chi connectivity index (χ0n) is 10.2. The fourth-order valence-corrected chi connectivity index (χ4v) is 3.06. The Labute approximate surface area is 134 Å². The fraction of sp³-hybridized carbons (Fsp3) is 0.167. The number of carbonyl (C=O) groups is 1. The lowest BCUT2D eigenvalue weighted by Gasteiger charge is -2.08. The summed E-state index contributed by atoms with van der Waals surface area (Å²) in [4.78, 5) is 15.4. The maximum Gasteiger partial charge on any atom is 0.311 e. The van der Waals surface area contributed by atoms with Gasteiger partial charge in [0.2, 0.25) is 0 Å². The number of carbonyl (C=O) groups excluding carboxylic acids is 1. The van der Waals surface area contributed by atoms with E-state index in [-0.39, 0.29) is 12.4 Å². The summed E-state index contributed by atoms with van der Waals surface area (Å²) in [6, 6.07) is 3.17. The van der Waals surface area contributed by atoms with Crippen LogP contribution in [0.4, 0.5) is 10.8 Å². The Hall–Kier alpha value is -1.01. The molecular formula is C12H9Cl3N2O2S. The quantitative estimate of drug-likeness (QED) is 0.820. The highest BCUT2D eigenvalue weighted by Crippen LogP contribution is 2.36. The molecule has 0 aliphatic heterocycles. The number of esters is 1. The van der Waals surface area contributed by atoms with Crippen molar-refractivity contribution in [2.45, 2.75) is 6.42 Å². The Morgan fingerprint density at radius 2 is 2.00 bits per heavy atom. The predicted octanol–water partition coefficient (Wildman–Crippen LogP) is 4.56. The van der Waals surface area contributed by atoms with Gasteiger partial charge in [0.05, 0.1) is 35.0 Å². The highest BCUT2D eigenvalue weighted by atomic mass is 35.5. The molecule has 0 aliphatic carbocycles. The van der Waals surface area contributed by atoms with E-state index in [0.717, 1.165) is 0 Å². The minimum atomic E-state index is -0.343. The molecule has 1 N–H and O–H groups in total. The Balaban J connectivity index is 2.17. The number of nitrogens with one attached hydrogen (secondary N) is 1. The van der Waals surface area contributed by atoms with E-state index >= 15 is 0 Å². The first-order chi connectivity index (χ1) is 9.49. The lowest BCUT2D eigenvalue weighted by atomic mass is 10.3. The SMILES string of the molecule is COC(=O)Cc1csc(Nc2c(Cl)cc(Cl)cc2Cl)n1. The molecule has 0 aliphatic rings. The van der Waals surface area contributed by atoms with Crippen molar-refractivity contribution in [3.05, 3.63) is 38.3 Å². The third kappa shape index (κ3) is 3.76. The molecule has 8 heteroatoms. The predicted molar refractivity (Wildman–Crippen MR) is 82.6 cm³/mol. The van der Waals surface area contributed by atoms with Crippen molar-refractivity contribution in [2.75, 3.05) is 12.4 Å². The first-order valence-electron chi connectivity index (χ1n) is 5.42. The molecule has 0 unspecified atom stereocenters. The van der Waals surface area contributed by atoms with E-state index in [4.69, 9.17) is 34.8 Å². The van der Waals surface area contributed by atoms with Crippen LogP contribution in [0, 0.1) is 0 Å². The van der Waals surface area contributed by atoms with Crippen LogP contribution in [-0.2, 0) is 16.0 Å². The van der Waals surface area contributed by atoms with Crippen LogP contribution >= 0.6 is 46.1 Å².